The van der Waals surface area contributed by atoms with Gasteiger partial charge in [0.05, 0.1) is 11.2 Å². The molecule has 168 valence electrons. The summed E-state index contributed by atoms with van der Waals surface area (Å²) in [6.07, 6.45) is 3.06. The van der Waals surface area contributed by atoms with Crippen LogP contribution in [0.1, 0.15) is 25.6 Å². The molecule has 2 aromatic carbocycles. The lowest BCUT2D eigenvalue weighted by molar-refractivity contribution is -0.127. The predicted octanol–water partition coefficient (Wildman–Crippen LogP) is 3.42. The Morgan fingerprint density at radius 1 is 1.18 bits per heavy atom. The largest absolute Gasteiger partial charge is 0.348 e. The molecule has 2 aromatic heterocycles. The zero-order valence-corrected chi connectivity index (χ0v) is 18.3. The average Bonchev–Trinajstić information content (AvgIpc) is 3.46. The number of carbonyl (C=O) groups excluding carboxylic acids is 1. The van der Waals surface area contributed by atoms with Crippen molar-refractivity contribution < 1.29 is 9.18 Å². The van der Waals surface area contributed by atoms with Gasteiger partial charge in [0.15, 0.2) is 0 Å². The van der Waals surface area contributed by atoms with Crippen LogP contribution in [0.5, 0.6) is 0 Å². The van der Waals surface area contributed by atoms with E-state index < -0.39 is 16.9 Å². The summed E-state index contributed by atoms with van der Waals surface area (Å²) in [5.74, 6) is -0.0685. The number of rotatable bonds is 6. The molecule has 4 aromatic rings. The lowest BCUT2D eigenvalue weighted by Crippen LogP contribution is -2.36. The van der Waals surface area contributed by atoms with Gasteiger partial charge in [0.25, 0.3) is 0 Å². The van der Waals surface area contributed by atoms with Gasteiger partial charge in [0.1, 0.15) is 17.4 Å². The van der Waals surface area contributed by atoms with Crippen LogP contribution in [0, 0.1) is 11.2 Å². The van der Waals surface area contributed by atoms with E-state index in [0.29, 0.717) is 30.8 Å². The average molecular weight is 445 g/mol. The van der Waals surface area contributed by atoms with E-state index in [0.717, 1.165) is 23.0 Å². The Balaban J connectivity index is 1.52. The van der Waals surface area contributed by atoms with Crippen LogP contribution in [0.15, 0.2) is 59.5 Å². The molecule has 8 heteroatoms. The summed E-state index contributed by atoms with van der Waals surface area (Å²) in [5, 5.41) is 10.8. The van der Waals surface area contributed by atoms with Gasteiger partial charge in [-0.05, 0) is 48.4 Å². The first-order valence-electron chi connectivity index (χ1n) is 11.1. The highest BCUT2D eigenvalue weighted by molar-refractivity contribution is 5.85. The maximum Gasteiger partial charge on any atom is 0.348 e. The van der Waals surface area contributed by atoms with Crippen molar-refractivity contribution >= 4 is 16.7 Å². The van der Waals surface area contributed by atoms with E-state index in [9.17, 15) is 9.59 Å². The molecule has 3 heterocycles. The van der Waals surface area contributed by atoms with E-state index in [4.69, 9.17) is 0 Å². The lowest BCUT2D eigenvalue weighted by atomic mass is 9.78. The molecule has 0 bridgehead atoms. The first-order valence-corrected chi connectivity index (χ1v) is 11.1. The molecule has 1 fully saturated rings. The van der Waals surface area contributed by atoms with E-state index in [1.165, 1.54) is 10.6 Å². The van der Waals surface area contributed by atoms with Crippen LogP contribution in [0.3, 0.4) is 0 Å². The number of aromatic amines is 1. The van der Waals surface area contributed by atoms with Gasteiger partial charge in [-0.15, -0.1) is 0 Å². The molecule has 0 amide bonds. The molecule has 1 aliphatic rings. The second-order valence-corrected chi connectivity index (χ2v) is 8.52. The van der Waals surface area contributed by atoms with Crippen molar-refractivity contribution in [2.45, 2.75) is 26.2 Å². The Morgan fingerprint density at radius 2 is 2.00 bits per heavy atom. The van der Waals surface area contributed by atoms with Crippen molar-refractivity contribution in [3.8, 4) is 16.8 Å². The molecule has 0 unspecified atom stereocenters. The Hall–Kier alpha value is -3.65. The quantitative estimate of drug-likeness (QED) is 0.475. The van der Waals surface area contributed by atoms with Gasteiger partial charge in [0.2, 0.25) is 0 Å². The number of hydrogen-bond acceptors (Lipinski definition) is 5. The molecular formula is C25H24FN5O2. The fourth-order valence-electron chi connectivity index (χ4n) is 4.72. The van der Waals surface area contributed by atoms with Gasteiger partial charge in [-0.2, -0.15) is 5.10 Å². The number of pyridine rings is 1. The van der Waals surface area contributed by atoms with Crippen LogP contribution in [0.25, 0.3) is 27.7 Å². The second-order valence-electron chi connectivity index (χ2n) is 8.52. The first-order chi connectivity index (χ1) is 16.0. The Labute approximate surface area is 189 Å². The minimum absolute atomic E-state index is 0.108. The van der Waals surface area contributed by atoms with Gasteiger partial charge in [-0.1, -0.05) is 31.2 Å². The third-order valence-electron chi connectivity index (χ3n) is 6.52. The van der Waals surface area contributed by atoms with E-state index in [1.807, 2.05) is 37.3 Å². The van der Waals surface area contributed by atoms with E-state index >= 15 is 4.39 Å². The smallest absolute Gasteiger partial charge is 0.316 e. The second kappa shape index (κ2) is 8.37. The summed E-state index contributed by atoms with van der Waals surface area (Å²) in [4.78, 5) is 29.7. The summed E-state index contributed by atoms with van der Waals surface area (Å²) in [5.41, 5.74) is 1.28. The van der Waals surface area contributed by atoms with E-state index in [-0.39, 0.29) is 17.9 Å². The standard InChI is InChI=1S/C25H24FN5O2/c1-2-22(32)25(9-11-27-15-25)14-23-29-30-24(33)31(23)21-8-7-17(12-19(21)26)18-6-5-16-4-3-10-28-20(16)13-18/h3-8,10,12-13,27H,2,9,11,14-15H2,1H3,(H,30,33)/t25-/m0/s1. The number of halogens is 1. The fraction of sp³-hybridized carbons (Fsp3) is 0.280. The zero-order valence-electron chi connectivity index (χ0n) is 18.3. The Kier molecular flexibility index (Phi) is 5.38. The number of nitrogens with one attached hydrogen (secondary N) is 2. The maximum absolute atomic E-state index is 15.3. The monoisotopic (exact) mass is 445 g/mol. The van der Waals surface area contributed by atoms with Crippen molar-refractivity contribution in [2.75, 3.05) is 13.1 Å². The number of H-pyrrole nitrogens is 1. The lowest BCUT2D eigenvalue weighted by Gasteiger charge is -2.25. The van der Waals surface area contributed by atoms with Gasteiger partial charge in [-0.3, -0.25) is 9.78 Å². The van der Waals surface area contributed by atoms with Crippen LogP contribution in [-0.2, 0) is 11.2 Å². The number of ketones is 1. The summed E-state index contributed by atoms with van der Waals surface area (Å²) in [6.45, 7) is 3.09. The maximum atomic E-state index is 15.3. The molecule has 33 heavy (non-hydrogen) atoms. The predicted molar refractivity (Wildman–Crippen MR) is 124 cm³/mol. The number of carbonyl (C=O) groups is 1. The molecule has 1 atom stereocenters. The molecule has 2 N–H and O–H groups in total. The summed E-state index contributed by atoms with van der Waals surface area (Å²) < 4.78 is 16.6. The number of aromatic nitrogens is 4. The van der Waals surface area contributed by atoms with Gasteiger partial charge in [-0.25, -0.2) is 18.9 Å². The zero-order chi connectivity index (χ0) is 23.0. The fourth-order valence-corrected chi connectivity index (χ4v) is 4.72. The van der Waals surface area contributed by atoms with Crippen molar-refractivity contribution in [3.05, 3.63) is 76.9 Å². The third-order valence-corrected chi connectivity index (χ3v) is 6.52. The van der Waals surface area contributed by atoms with Crippen LogP contribution in [-0.4, -0.2) is 38.6 Å². The minimum Gasteiger partial charge on any atom is -0.316 e. The molecule has 7 nitrogen and oxygen atoms in total. The van der Waals surface area contributed by atoms with Gasteiger partial charge < -0.3 is 5.32 Å². The highest BCUT2D eigenvalue weighted by atomic mass is 19.1. The molecule has 0 aliphatic carbocycles. The molecule has 1 saturated heterocycles. The van der Waals surface area contributed by atoms with Gasteiger partial charge in [0, 0.05) is 36.4 Å². The summed E-state index contributed by atoms with van der Waals surface area (Å²) >= 11 is 0. The SMILES string of the molecule is CCC(=O)[C@]1(Cc2n[nH]c(=O)n2-c2ccc(-c3ccc4cccnc4c3)cc2F)CCNC1. The van der Waals surface area contributed by atoms with Crippen molar-refractivity contribution in [1.82, 2.24) is 25.1 Å². The van der Waals surface area contributed by atoms with Crippen molar-refractivity contribution in [3.63, 3.8) is 0 Å². The summed E-state index contributed by atoms with van der Waals surface area (Å²) in [7, 11) is 0. The van der Waals surface area contributed by atoms with Crippen molar-refractivity contribution in [2.24, 2.45) is 5.41 Å². The van der Waals surface area contributed by atoms with E-state index in [2.05, 4.69) is 20.5 Å². The molecule has 5 rings (SSSR count). The number of nitrogens with zero attached hydrogens (tertiary/aromatic N) is 3. The van der Waals surface area contributed by atoms with Crippen LogP contribution < -0.4 is 11.0 Å². The normalized spacial score (nSPS) is 18.1. The van der Waals surface area contributed by atoms with Crippen LogP contribution >= 0.6 is 0 Å². The van der Waals surface area contributed by atoms with Crippen LogP contribution in [0.4, 0.5) is 4.39 Å². The van der Waals surface area contributed by atoms with Gasteiger partial charge >= 0.3 is 5.69 Å². The minimum atomic E-state index is -0.632. The van der Waals surface area contributed by atoms with Crippen molar-refractivity contribution in [1.29, 1.82) is 0 Å². The number of benzene rings is 2. The first kappa shape index (κ1) is 21.2. The molecule has 1 aliphatic heterocycles. The van der Waals surface area contributed by atoms with Crippen LogP contribution in [0.2, 0.25) is 0 Å². The Morgan fingerprint density at radius 3 is 2.76 bits per heavy atom. The number of fused-ring (bicyclic) bond motifs is 1. The summed E-state index contributed by atoms with van der Waals surface area (Å²) in [6, 6.07) is 14.4. The highest BCUT2D eigenvalue weighted by Crippen LogP contribution is 2.33. The molecule has 0 spiro atoms. The molecule has 0 saturated carbocycles. The third kappa shape index (κ3) is 3.76. The van der Waals surface area contributed by atoms with E-state index in [1.54, 1.807) is 18.3 Å². The topological polar surface area (TPSA) is 92.7 Å². The molecular weight excluding hydrogens is 421 g/mol. The number of hydrogen-bond donors (Lipinski definition) is 2. The Bertz CT molecular complexity index is 1400. The number of Topliss-reactive ketones (excluding diaryl/α,β-unsaturated/α-hetero) is 1. The molecule has 0 radical (unpaired) electrons. The highest BCUT2D eigenvalue weighted by Gasteiger charge is 2.41.